The molecule has 2 atom stereocenters. The second kappa shape index (κ2) is 6.97. The summed E-state index contributed by atoms with van der Waals surface area (Å²) in [6.45, 7) is 13.7. The van der Waals surface area contributed by atoms with Gasteiger partial charge in [-0.2, -0.15) is 0 Å². The summed E-state index contributed by atoms with van der Waals surface area (Å²) in [6, 6.07) is 0.380. The summed E-state index contributed by atoms with van der Waals surface area (Å²) >= 11 is 0. The average molecular weight is 351 g/mol. The molecule has 1 aromatic rings. The second-order valence-corrected chi connectivity index (χ2v) is 9.27. The van der Waals surface area contributed by atoms with E-state index in [1.807, 2.05) is 6.33 Å². The number of aliphatic hydroxyl groups excluding tert-OH is 1. The molecule has 2 fully saturated rings. The standard InChI is InChI=1S/C19H34N4O2/c1-14(2)23-13-20-21-17(23)12-22-8-6-19(7-9-22)11-15(24)10-16(25-19)18(3,4)5/h13-16,24H,6-12H2,1-5H3/t15-,16-/m1/s1. The number of aliphatic hydroxyl groups is 1. The van der Waals surface area contributed by atoms with Gasteiger partial charge in [-0.05, 0) is 32.1 Å². The van der Waals surface area contributed by atoms with Gasteiger partial charge in [0.25, 0.3) is 0 Å². The van der Waals surface area contributed by atoms with Gasteiger partial charge in [-0.15, -0.1) is 10.2 Å². The molecule has 2 aliphatic heterocycles. The normalized spacial score (nSPS) is 28.0. The molecule has 3 heterocycles. The van der Waals surface area contributed by atoms with Crippen molar-refractivity contribution in [2.45, 2.75) is 90.7 Å². The summed E-state index contributed by atoms with van der Waals surface area (Å²) in [4.78, 5) is 2.44. The van der Waals surface area contributed by atoms with E-state index in [-0.39, 0.29) is 23.2 Å². The highest BCUT2D eigenvalue weighted by atomic mass is 16.5. The zero-order chi connectivity index (χ0) is 18.2. The van der Waals surface area contributed by atoms with Gasteiger partial charge in [-0.1, -0.05) is 20.8 Å². The first-order valence-corrected chi connectivity index (χ1v) is 9.65. The van der Waals surface area contributed by atoms with E-state index in [0.29, 0.717) is 6.04 Å². The molecule has 1 N–H and O–H groups in total. The lowest BCUT2D eigenvalue weighted by molar-refractivity contribution is -0.208. The summed E-state index contributed by atoms with van der Waals surface area (Å²) in [6.07, 6.45) is 5.20. The third-order valence-corrected chi connectivity index (χ3v) is 5.79. The Morgan fingerprint density at radius 2 is 2.00 bits per heavy atom. The molecule has 0 unspecified atom stereocenters. The third-order valence-electron chi connectivity index (χ3n) is 5.79. The molecule has 142 valence electrons. The van der Waals surface area contributed by atoms with Crippen molar-refractivity contribution in [3.05, 3.63) is 12.2 Å². The van der Waals surface area contributed by atoms with Crippen LogP contribution in [0.3, 0.4) is 0 Å². The van der Waals surface area contributed by atoms with Gasteiger partial charge in [0, 0.05) is 32.0 Å². The van der Waals surface area contributed by atoms with Gasteiger partial charge in [0.2, 0.25) is 0 Å². The van der Waals surface area contributed by atoms with Crippen LogP contribution < -0.4 is 0 Å². The van der Waals surface area contributed by atoms with Gasteiger partial charge in [-0.3, -0.25) is 4.90 Å². The van der Waals surface area contributed by atoms with Crippen molar-refractivity contribution in [1.82, 2.24) is 19.7 Å². The lowest BCUT2D eigenvalue weighted by Gasteiger charge is -2.50. The quantitative estimate of drug-likeness (QED) is 0.908. The molecule has 1 aromatic heterocycles. The monoisotopic (exact) mass is 350 g/mol. The van der Waals surface area contributed by atoms with E-state index < -0.39 is 0 Å². The molecule has 25 heavy (non-hydrogen) atoms. The number of rotatable bonds is 3. The highest BCUT2D eigenvalue weighted by Crippen LogP contribution is 2.42. The average Bonchev–Trinajstić information content (AvgIpc) is 2.97. The predicted molar refractivity (Wildman–Crippen MR) is 97.2 cm³/mol. The van der Waals surface area contributed by atoms with Crippen LogP contribution in [0.25, 0.3) is 0 Å². The van der Waals surface area contributed by atoms with Crippen LogP contribution in [-0.4, -0.2) is 55.7 Å². The van der Waals surface area contributed by atoms with E-state index in [0.717, 1.165) is 51.1 Å². The lowest BCUT2D eigenvalue weighted by atomic mass is 9.76. The summed E-state index contributed by atoms with van der Waals surface area (Å²) in [5, 5.41) is 18.8. The molecule has 6 nitrogen and oxygen atoms in total. The first-order valence-electron chi connectivity index (χ1n) is 9.65. The van der Waals surface area contributed by atoms with Crippen molar-refractivity contribution in [2.75, 3.05) is 13.1 Å². The van der Waals surface area contributed by atoms with Crippen LogP contribution in [0.2, 0.25) is 0 Å². The minimum absolute atomic E-state index is 0.0687. The Hall–Kier alpha value is -0.980. The highest BCUT2D eigenvalue weighted by molar-refractivity contribution is 4.98. The Kier molecular flexibility index (Phi) is 5.24. The van der Waals surface area contributed by atoms with Crippen LogP contribution in [-0.2, 0) is 11.3 Å². The van der Waals surface area contributed by atoms with Crippen molar-refractivity contribution in [1.29, 1.82) is 0 Å². The number of hydrogen-bond donors (Lipinski definition) is 1. The lowest BCUT2D eigenvalue weighted by Crippen LogP contribution is -2.55. The molecule has 0 bridgehead atoms. The van der Waals surface area contributed by atoms with Crippen molar-refractivity contribution < 1.29 is 9.84 Å². The minimum atomic E-state index is -0.242. The molecule has 2 saturated heterocycles. The minimum Gasteiger partial charge on any atom is -0.393 e. The topological polar surface area (TPSA) is 63.4 Å². The molecule has 6 heteroatoms. The van der Waals surface area contributed by atoms with Gasteiger partial charge >= 0.3 is 0 Å². The Labute approximate surface area is 151 Å². The smallest absolute Gasteiger partial charge is 0.147 e. The fraction of sp³-hybridized carbons (Fsp3) is 0.895. The number of aromatic nitrogens is 3. The fourth-order valence-corrected chi connectivity index (χ4v) is 4.14. The zero-order valence-electron chi connectivity index (χ0n) is 16.4. The molecule has 0 amide bonds. The molecule has 0 radical (unpaired) electrons. The number of ether oxygens (including phenoxy) is 1. The number of hydrogen-bond acceptors (Lipinski definition) is 5. The molecule has 1 spiro atoms. The summed E-state index contributed by atoms with van der Waals surface area (Å²) in [5.41, 5.74) is -0.0863. The molecule has 3 rings (SSSR count). The van der Waals surface area contributed by atoms with Crippen molar-refractivity contribution in [2.24, 2.45) is 5.41 Å². The van der Waals surface area contributed by atoms with Gasteiger partial charge in [0.05, 0.1) is 24.4 Å². The Morgan fingerprint density at radius 3 is 2.60 bits per heavy atom. The van der Waals surface area contributed by atoms with Crippen LogP contribution in [0, 0.1) is 5.41 Å². The van der Waals surface area contributed by atoms with Crippen LogP contribution in [0.15, 0.2) is 6.33 Å². The van der Waals surface area contributed by atoms with Crippen molar-refractivity contribution in [3.8, 4) is 0 Å². The maximum atomic E-state index is 10.4. The van der Waals surface area contributed by atoms with Crippen molar-refractivity contribution in [3.63, 3.8) is 0 Å². The van der Waals surface area contributed by atoms with Crippen LogP contribution >= 0.6 is 0 Å². The van der Waals surface area contributed by atoms with Gasteiger partial charge < -0.3 is 14.4 Å². The predicted octanol–water partition coefficient (Wildman–Crippen LogP) is 2.78. The Morgan fingerprint density at radius 1 is 1.32 bits per heavy atom. The SMILES string of the molecule is CC(C)n1cnnc1CN1CCC2(CC1)C[C@H](O)C[C@H](C(C)(C)C)O2. The first kappa shape index (κ1) is 18.8. The molecule has 2 aliphatic rings. The Bertz CT molecular complexity index is 570. The zero-order valence-corrected chi connectivity index (χ0v) is 16.4. The first-order chi connectivity index (χ1) is 11.7. The largest absolute Gasteiger partial charge is 0.393 e. The van der Waals surface area contributed by atoms with Gasteiger partial charge in [0.1, 0.15) is 12.2 Å². The van der Waals surface area contributed by atoms with Crippen LogP contribution in [0.1, 0.15) is 72.2 Å². The maximum absolute atomic E-state index is 10.4. The Balaban J connectivity index is 1.62. The summed E-state index contributed by atoms with van der Waals surface area (Å²) in [5.74, 6) is 1.03. The summed E-state index contributed by atoms with van der Waals surface area (Å²) < 4.78 is 8.72. The molecular weight excluding hydrogens is 316 g/mol. The van der Waals surface area contributed by atoms with E-state index in [1.54, 1.807) is 0 Å². The number of likely N-dealkylation sites (tertiary alicyclic amines) is 1. The number of piperidine rings is 1. The van der Waals surface area contributed by atoms with E-state index in [2.05, 4.69) is 54.3 Å². The molecule has 0 aliphatic carbocycles. The third kappa shape index (κ3) is 4.23. The molecule has 0 aromatic carbocycles. The van der Waals surface area contributed by atoms with Gasteiger partial charge in [-0.25, -0.2) is 0 Å². The highest BCUT2D eigenvalue weighted by Gasteiger charge is 2.46. The second-order valence-electron chi connectivity index (χ2n) is 9.27. The van der Waals surface area contributed by atoms with E-state index in [9.17, 15) is 5.11 Å². The van der Waals surface area contributed by atoms with Crippen molar-refractivity contribution >= 4 is 0 Å². The van der Waals surface area contributed by atoms with E-state index >= 15 is 0 Å². The molecular formula is C19H34N4O2. The maximum Gasteiger partial charge on any atom is 0.147 e. The fourth-order valence-electron chi connectivity index (χ4n) is 4.14. The van der Waals surface area contributed by atoms with Gasteiger partial charge in [0.15, 0.2) is 0 Å². The van der Waals surface area contributed by atoms with Crippen LogP contribution in [0.4, 0.5) is 0 Å². The molecule has 0 saturated carbocycles. The number of nitrogens with zero attached hydrogens (tertiary/aromatic N) is 4. The van der Waals surface area contributed by atoms with Crippen LogP contribution in [0.5, 0.6) is 0 Å². The van der Waals surface area contributed by atoms with E-state index in [4.69, 9.17) is 4.74 Å². The van der Waals surface area contributed by atoms with E-state index in [1.165, 1.54) is 0 Å². The summed E-state index contributed by atoms with van der Waals surface area (Å²) in [7, 11) is 0.